The Morgan fingerprint density at radius 1 is 1.07 bits per heavy atom. The number of para-hydroxylation sites is 1. The van der Waals surface area contributed by atoms with Gasteiger partial charge in [0.15, 0.2) is 0 Å². The number of anilines is 1. The molecule has 0 radical (unpaired) electrons. The third-order valence-electron chi connectivity index (χ3n) is 5.31. The van der Waals surface area contributed by atoms with Gasteiger partial charge in [0.05, 0.1) is 0 Å². The van der Waals surface area contributed by atoms with Gasteiger partial charge in [0.25, 0.3) is 5.91 Å². The van der Waals surface area contributed by atoms with Crippen molar-refractivity contribution < 1.29 is 4.79 Å². The highest BCUT2D eigenvalue weighted by molar-refractivity contribution is 5.95. The minimum atomic E-state index is -0.0351. The molecule has 2 heterocycles. The fraction of sp³-hybridized carbons (Fsp3) is 0.250. The summed E-state index contributed by atoms with van der Waals surface area (Å²) in [6, 6.07) is 20.3. The summed E-state index contributed by atoms with van der Waals surface area (Å²) in [6.07, 6.45) is 1.08. The maximum Gasteiger partial charge on any atom is 0.251 e. The van der Waals surface area contributed by atoms with Crippen molar-refractivity contribution in [3.8, 4) is 11.1 Å². The van der Waals surface area contributed by atoms with Crippen LogP contribution in [0.15, 0.2) is 60.7 Å². The lowest BCUT2D eigenvalue weighted by Gasteiger charge is -2.19. The number of pyridine rings is 1. The number of rotatable bonds is 5. The summed E-state index contributed by atoms with van der Waals surface area (Å²) in [5, 5.41) is 3.06. The average molecular weight is 371 g/mol. The number of hydrogen-bond donors (Lipinski definition) is 1. The molecule has 0 aliphatic carbocycles. The monoisotopic (exact) mass is 371 g/mol. The smallest absolute Gasteiger partial charge is 0.251 e. The fourth-order valence-corrected chi connectivity index (χ4v) is 3.86. The van der Waals surface area contributed by atoms with Gasteiger partial charge < -0.3 is 10.2 Å². The highest BCUT2D eigenvalue weighted by atomic mass is 16.1. The van der Waals surface area contributed by atoms with E-state index in [0.29, 0.717) is 12.1 Å². The molecule has 4 rings (SSSR count). The predicted molar refractivity (Wildman–Crippen MR) is 114 cm³/mol. The summed E-state index contributed by atoms with van der Waals surface area (Å²) in [5.41, 5.74) is 7.42. The van der Waals surface area contributed by atoms with Crippen molar-refractivity contribution in [2.24, 2.45) is 0 Å². The van der Waals surface area contributed by atoms with Crippen LogP contribution < -0.4 is 10.2 Å². The van der Waals surface area contributed by atoms with Crippen LogP contribution in [0.4, 0.5) is 5.69 Å². The van der Waals surface area contributed by atoms with Crippen molar-refractivity contribution >= 4 is 11.6 Å². The topological polar surface area (TPSA) is 45.2 Å². The van der Waals surface area contributed by atoms with Crippen LogP contribution in [-0.4, -0.2) is 30.5 Å². The van der Waals surface area contributed by atoms with E-state index in [1.54, 1.807) is 0 Å². The van der Waals surface area contributed by atoms with Crippen LogP contribution in [0.25, 0.3) is 11.1 Å². The Labute approximate surface area is 166 Å². The molecule has 1 N–H and O–H groups in total. The Kier molecular flexibility index (Phi) is 5.11. The van der Waals surface area contributed by atoms with Crippen LogP contribution >= 0.6 is 0 Å². The molecular formula is C24H25N3O. The van der Waals surface area contributed by atoms with Gasteiger partial charge >= 0.3 is 0 Å². The number of nitrogens with zero attached hydrogens (tertiary/aromatic N) is 2. The molecule has 0 unspecified atom stereocenters. The first-order valence-electron chi connectivity index (χ1n) is 9.77. The van der Waals surface area contributed by atoms with Crippen molar-refractivity contribution in [2.45, 2.75) is 20.3 Å². The molecule has 0 spiro atoms. The van der Waals surface area contributed by atoms with E-state index in [1.807, 2.05) is 44.2 Å². The van der Waals surface area contributed by atoms with Gasteiger partial charge in [-0.1, -0.05) is 36.4 Å². The van der Waals surface area contributed by atoms with Crippen LogP contribution in [0.2, 0.25) is 0 Å². The highest BCUT2D eigenvalue weighted by Gasteiger charge is 2.18. The molecule has 28 heavy (non-hydrogen) atoms. The Bertz CT molecular complexity index is 1010. The summed E-state index contributed by atoms with van der Waals surface area (Å²) in [4.78, 5) is 19.5. The van der Waals surface area contributed by atoms with E-state index >= 15 is 0 Å². The standard InChI is InChI=1S/C24H25N3O/c1-17-10-11-22(18(2)26-17)20-7-5-8-21(16-20)24(28)25-13-15-27-14-12-19-6-3-4-9-23(19)27/h3-11,16H,12-15H2,1-2H3,(H,25,28). The third-order valence-corrected chi connectivity index (χ3v) is 5.31. The number of fused-ring (bicyclic) bond motifs is 1. The second kappa shape index (κ2) is 7.85. The molecule has 0 fully saturated rings. The van der Waals surface area contributed by atoms with E-state index in [9.17, 15) is 4.79 Å². The predicted octanol–water partition coefficient (Wildman–Crippen LogP) is 4.16. The van der Waals surface area contributed by atoms with Crippen LogP contribution in [0.3, 0.4) is 0 Å². The number of nitrogens with one attached hydrogen (secondary N) is 1. The maximum absolute atomic E-state index is 12.6. The zero-order valence-electron chi connectivity index (χ0n) is 16.4. The largest absolute Gasteiger partial charge is 0.369 e. The molecule has 0 saturated heterocycles. The minimum absolute atomic E-state index is 0.0351. The second-order valence-corrected chi connectivity index (χ2v) is 7.29. The molecule has 4 heteroatoms. The van der Waals surface area contributed by atoms with Gasteiger partial charge in [-0.05, 0) is 55.7 Å². The molecule has 1 amide bonds. The van der Waals surface area contributed by atoms with Gasteiger partial charge in [0.1, 0.15) is 0 Å². The molecule has 3 aromatic rings. The number of aromatic nitrogens is 1. The Balaban J connectivity index is 1.40. The minimum Gasteiger partial charge on any atom is -0.369 e. The molecule has 2 aromatic carbocycles. The van der Waals surface area contributed by atoms with E-state index in [1.165, 1.54) is 11.3 Å². The van der Waals surface area contributed by atoms with E-state index in [0.717, 1.165) is 42.0 Å². The molecule has 1 aromatic heterocycles. The number of hydrogen-bond acceptors (Lipinski definition) is 3. The Hall–Kier alpha value is -3.14. The molecule has 1 aliphatic heterocycles. The van der Waals surface area contributed by atoms with Crippen LogP contribution in [0.1, 0.15) is 27.3 Å². The van der Waals surface area contributed by atoms with Crippen molar-refractivity contribution in [1.82, 2.24) is 10.3 Å². The van der Waals surface area contributed by atoms with Gasteiger partial charge in [-0.3, -0.25) is 9.78 Å². The average Bonchev–Trinajstić information content (AvgIpc) is 3.11. The molecule has 4 nitrogen and oxygen atoms in total. The van der Waals surface area contributed by atoms with E-state index in [2.05, 4.69) is 45.5 Å². The van der Waals surface area contributed by atoms with Gasteiger partial charge in [0, 0.05) is 47.8 Å². The summed E-state index contributed by atoms with van der Waals surface area (Å²) in [7, 11) is 0. The zero-order chi connectivity index (χ0) is 19.5. The molecule has 1 aliphatic rings. The van der Waals surface area contributed by atoms with Gasteiger partial charge in [-0.25, -0.2) is 0 Å². The number of aryl methyl sites for hydroxylation is 2. The van der Waals surface area contributed by atoms with Gasteiger partial charge in [-0.15, -0.1) is 0 Å². The first-order chi connectivity index (χ1) is 13.6. The summed E-state index contributed by atoms with van der Waals surface area (Å²) in [5.74, 6) is -0.0351. The van der Waals surface area contributed by atoms with Crippen LogP contribution in [-0.2, 0) is 6.42 Å². The normalized spacial score (nSPS) is 12.7. The van der Waals surface area contributed by atoms with Crippen LogP contribution in [0.5, 0.6) is 0 Å². The lowest BCUT2D eigenvalue weighted by Crippen LogP contribution is -2.34. The summed E-state index contributed by atoms with van der Waals surface area (Å²) >= 11 is 0. The lowest BCUT2D eigenvalue weighted by atomic mass is 10.0. The molecule has 142 valence electrons. The molecule has 0 saturated carbocycles. The van der Waals surface area contributed by atoms with Crippen molar-refractivity contribution in [3.63, 3.8) is 0 Å². The summed E-state index contributed by atoms with van der Waals surface area (Å²) < 4.78 is 0. The Morgan fingerprint density at radius 3 is 2.79 bits per heavy atom. The van der Waals surface area contributed by atoms with E-state index in [-0.39, 0.29) is 5.91 Å². The summed E-state index contributed by atoms with van der Waals surface area (Å²) in [6.45, 7) is 6.46. The molecule has 0 atom stereocenters. The number of carbonyl (C=O) groups excluding carboxylic acids is 1. The van der Waals surface area contributed by atoms with Gasteiger partial charge in [0.2, 0.25) is 0 Å². The fourth-order valence-electron chi connectivity index (χ4n) is 3.86. The number of carbonyl (C=O) groups is 1. The van der Waals surface area contributed by atoms with Crippen LogP contribution in [0, 0.1) is 13.8 Å². The number of amides is 1. The SMILES string of the molecule is Cc1ccc(-c2cccc(C(=O)NCCN3CCc4ccccc43)c2)c(C)n1. The lowest BCUT2D eigenvalue weighted by molar-refractivity contribution is 0.0954. The van der Waals surface area contributed by atoms with Crippen molar-refractivity contribution in [2.75, 3.05) is 24.5 Å². The quantitative estimate of drug-likeness (QED) is 0.733. The Morgan fingerprint density at radius 2 is 1.93 bits per heavy atom. The maximum atomic E-state index is 12.6. The second-order valence-electron chi connectivity index (χ2n) is 7.29. The molecule has 0 bridgehead atoms. The first-order valence-corrected chi connectivity index (χ1v) is 9.77. The third kappa shape index (κ3) is 3.77. The van der Waals surface area contributed by atoms with Crippen molar-refractivity contribution in [3.05, 3.63) is 83.2 Å². The zero-order valence-corrected chi connectivity index (χ0v) is 16.4. The highest BCUT2D eigenvalue weighted by Crippen LogP contribution is 2.27. The first kappa shape index (κ1) is 18.2. The number of benzene rings is 2. The van der Waals surface area contributed by atoms with E-state index in [4.69, 9.17) is 0 Å². The van der Waals surface area contributed by atoms with Crippen molar-refractivity contribution in [1.29, 1.82) is 0 Å². The van der Waals surface area contributed by atoms with Gasteiger partial charge in [-0.2, -0.15) is 0 Å². The van der Waals surface area contributed by atoms with E-state index < -0.39 is 0 Å². The molecular weight excluding hydrogens is 346 g/mol.